The summed E-state index contributed by atoms with van der Waals surface area (Å²) in [6.07, 6.45) is 8.07. The highest BCUT2D eigenvalue weighted by molar-refractivity contribution is 5.34. The van der Waals surface area contributed by atoms with E-state index in [4.69, 9.17) is 4.74 Å². The van der Waals surface area contributed by atoms with Crippen molar-refractivity contribution >= 4 is 5.82 Å². The van der Waals surface area contributed by atoms with Crippen LogP contribution in [0, 0.1) is 0 Å². The monoisotopic (exact) mass is 250 g/mol. The van der Waals surface area contributed by atoms with Gasteiger partial charge in [-0.15, -0.1) is 0 Å². The van der Waals surface area contributed by atoms with Gasteiger partial charge in [0, 0.05) is 12.6 Å². The van der Waals surface area contributed by atoms with Gasteiger partial charge in [0.05, 0.1) is 19.0 Å². The summed E-state index contributed by atoms with van der Waals surface area (Å²) in [4.78, 5) is 8.57. The second kappa shape index (κ2) is 7.16. The van der Waals surface area contributed by atoms with E-state index in [1.54, 1.807) is 12.4 Å². The van der Waals surface area contributed by atoms with Crippen LogP contribution in [0.5, 0.6) is 5.88 Å². The lowest BCUT2D eigenvalue weighted by Crippen LogP contribution is -2.31. The smallest absolute Gasteiger partial charge is 0.234 e. The molecule has 1 unspecified atom stereocenters. The minimum absolute atomic E-state index is 0.434. The molecule has 0 amide bonds. The summed E-state index contributed by atoms with van der Waals surface area (Å²) in [6, 6.07) is 0.434. The number of anilines is 1. The quantitative estimate of drug-likeness (QED) is 0.834. The summed E-state index contributed by atoms with van der Waals surface area (Å²) in [5.74, 6) is 1.40. The van der Waals surface area contributed by atoms with E-state index < -0.39 is 0 Å². The highest BCUT2D eigenvalue weighted by Gasteiger charge is 2.12. The molecule has 5 heteroatoms. The van der Waals surface area contributed by atoms with Crippen LogP contribution in [0.25, 0.3) is 0 Å². The SMILES string of the molecule is CCCOc1cncc(NC2CCCCNC2)n1. The first-order valence-electron chi connectivity index (χ1n) is 6.80. The van der Waals surface area contributed by atoms with Crippen molar-refractivity contribution in [3.8, 4) is 5.88 Å². The molecule has 2 N–H and O–H groups in total. The molecule has 1 aliphatic rings. The Morgan fingerprint density at radius 3 is 3.28 bits per heavy atom. The average Bonchev–Trinajstić information content (AvgIpc) is 2.65. The number of nitrogens with one attached hydrogen (secondary N) is 2. The predicted octanol–water partition coefficient (Wildman–Crippen LogP) is 1.82. The van der Waals surface area contributed by atoms with Crippen LogP contribution in [0.3, 0.4) is 0 Å². The number of rotatable bonds is 5. The number of nitrogens with zero attached hydrogens (tertiary/aromatic N) is 2. The summed E-state index contributed by atoms with van der Waals surface area (Å²) < 4.78 is 5.48. The van der Waals surface area contributed by atoms with Crippen LogP contribution >= 0.6 is 0 Å². The van der Waals surface area contributed by atoms with Crippen LogP contribution in [-0.2, 0) is 0 Å². The third-order valence-electron chi connectivity index (χ3n) is 2.97. The van der Waals surface area contributed by atoms with Gasteiger partial charge in [-0.2, -0.15) is 4.98 Å². The molecule has 0 aliphatic carbocycles. The normalized spacial score (nSPS) is 20.2. The van der Waals surface area contributed by atoms with E-state index in [2.05, 4.69) is 27.5 Å². The molecular formula is C13H22N4O. The molecule has 0 bridgehead atoms. The molecule has 18 heavy (non-hydrogen) atoms. The number of ether oxygens (including phenoxy) is 1. The van der Waals surface area contributed by atoms with Gasteiger partial charge >= 0.3 is 0 Å². The molecule has 1 fully saturated rings. The van der Waals surface area contributed by atoms with E-state index in [1.807, 2.05) is 0 Å². The molecule has 2 rings (SSSR count). The highest BCUT2D eigenvalue weighted by Crippen LogP contribution is 2.13. The molecule has 0 spiro atoms. The molecule has 1 saturated heterocycles. The first-order valence-corrected chi connectivity index (χ1v) is 6.80. The third-order valence-corrected chi connectivity index (χ3v) is 2.97. The van der Waals surface area contributed by atoms with Crippen LogP contribution < -0.4 is 15.4 Å². The average molecular weight is 250 g/mol. The van der Waals surface area contributed by atoms with Crippen molar-refractivity contribution < 1.29 is 4.74 Å². The van der Waals surface area contributed by atoms with Crippen LogP contribution in [0.1, 0.15) is 32.6 Å². The van der Waals surface area contributed by atoms with Gasteiger partial charge in [0.2, 0.25) is 5.88 Å². The van der Waals surface area contributed by atoms with Gasteiger partial charge in [-0.05, 0) is 25.8 Å². The van der Waals surface area contributed by atoms with Crippen molar-refractivity contribution in [3.05, 3.63) is 12.4 Å². The first-order chi connectivity index (χ1) is 8.88. The molecule has 1 aromatic rings. The Morgan fingerprint density at radius 2 is 2.39 bits per heavy atom. The van der Waals surface area contributed by atoms with Crippen LogP contribution in [0.2, 0.25) is 0 Å². The molecule has 100 valence electrons. The zero-order valence-corrected chi connectivity index (χ0v) is 11.0. The van der Waals surface area contributed by atoms with Crippen molar-refractivity contribution in [2.45, 2.75) is 38.6 Å². The Kier molecular flexibility index (Phi) is 5.20. The maximum Gasteiger partial charge on any atom is 0.234 e. The molecule has 0 aromatic carbocycles. The maximum absolute atomic E-state index is 5.48. The predicted molar refractivity (Wildman–Crippen MR) is 71.9 cm³/mol. The summed E-state index contributed by atoms with van der Waals surface area (Å²) in [7, 11) is 0. The summed E-state index contributed by atoms with van der Waals surface area (Å²) in [6.45, 7) is 4.86. The minimum Gasteiger partial charge on any atom is -0.477 e. The maximum atomic E-state index is 5.48. The fraction of sp³-hybridized carbons (Fsp3) is 0.692. The Hall–Kier alpha value is -1.36. The first kappa shape index (κ1) is 13.1. The standard InChI is InChI=1S/C13H22N4O/c1-2-7-18-13-10-15-9-12(17-13)16-11-5-3-4-6-14-8-11/h9-11,14H,2-8H2,1H3,(H,16,17). The Balaban J connectivity index is 1.91. The Morgan fingerprint density at radius 1 is 1.44 bits per heavy atom. The molecule has 1 aliphatic heterocycles. The Bertz CT molecular complexity index is 351. The van der Waals surface area contributed by atoms with E-state index in [9.17, 15) is 0 Å². The second-order valence-electron chi connectivity index (χ2n) is 4.63. The lowest BCUT2D eigenvalue weighted by atomic mass is 10.1. The molecule has 0 saturated carbocycles. The molecule has 1 atom stereocenters. The van der Waals surface area contributed by atoms with Crippen molar-refractivity contribution in [2.24, 2.45) is 0 Å². The molecular weight excluding hydrogens is 228 g/mol. The lowest BCUT2D eigenvalue weighted by molar-refractivity contribution is 0.304. The van der Waals surface area contributed by atoms with Crippen molar-refractivity contribution in [3.63, 3.8) is 0 Å². The summed E-state index contributed by atoms with van der Waals surface area (Å²) in [5, 5.41) is 6.85. The van der Waals surface area contributed by atoms with Gasteiger partial charge in [-0.25, -0.2) is 0 Å². The van der Waals surface area contributed by atoms with E-state index in [1.165, 1.54) is 19.3 Å². The zero-order chi connectivity index (χ0) is 12.6. The molecule has 5 nitrogen and oxygen atoms in total. The van der Waals surface area contributed by atoms with Gasteiger partial charge in [-0.3, -0.25) is 4.98 Å². The van der Waals surface area contributed by atoms with Gasteiger partial charge in [0.1, 0.15) is 5.82 Å². The Labute approximate surface area is 108 Å². The van der Waals surface area contributed by atoms with Crippen LogP contribution in [0.4, 0.5) is 5.82 Å². The number of hydrogen-bond donors (Lipinski definition) is 2. The minimum atomic E-state index is 0.434. The van der Waals surface area contributed by atoms with E-state index in [0.717, 1.165) is 25.3 Å². The summed E-state index contributed by atoms with van der Waals surface area (Å²) >= 11 is 0. The van der Waals surface area contributed by atoms with Crippen LogP contribution in [0.15, 0.2) is 12.4 Å². The lowest BCUT2D eigenvalue weighted by Gasteiger charge is -2.17. The topological polar surface area (TPSA) is 59.1 Å². The van der Waals surface area contributed by atoms with E-state index in [0.29, 0.717) is 18.5 Å². The number of hydrogen-bond acceptors (Lipinski definition) is 5. The van der Waals surface area contributed by atoms with E-state index >= 15 is 0 Å². The van der Waals surface area contributed by atoms with Gasteiger partial charge in [0.15, 0.2) is 0 Å². The van der Waals surface area contributed by atoms with Gasteiger partial charge in [0.25, 0.3) is 0 Å². The molecule has 1 aromatic heterocycles. The van der Waals surface area contributed by atoms with Crippen molar-refractivity contribution in [1.29, 1.82) is 0 Å². The fourth-order valence-corrected chi connectivity index (χ4v) is 2.05. The van der Waals surface area contributed by atoms with Gasteiger partial charge in [-0.1, -0.05) is 13.3 Å². The number of aromatic nitrogens is 2. The third kappa shape index (κ3) is 4.14. The van der Waals surface area contributed by atoms with E-state index in [-0.39, 0.29) is 0 Å². The van der Waals surface area contributed by atoms with Crippen LogP contribution in [-0.4, -0.2) is 35.7 Å². The van der Waals surface area contributed by atoms with Gasteiger partial charge < -0.3 is 15.4 Å². The second-order valence-corrected chi connectivity index (χ2v) is 4.63. The highest BCUT2D eigenvalue weighted by atomic mass is 16.5. The summed E-state index contributed by atoms with van der Waals surface area (Å²) in [5.41, 5.74) is 0. The van der Waals surface area contributed by atoms with Crippen molar-refractivity contribution in [2.75, 3.05) is 25.0 Å². The molecule has 0 radical (unpaired) electrons. The fourth-order valence-electron chi connectivity index (χ4n) is 2.05. The van der Waals surface area contributed by atoms with Crippen molar-refractivity contribution in [1.82, 2.24) is 15.3 Å². The zero-order valence-electron chi connectivity index (χ0n) is 11.0. The largest absolute Gasteiger partial charge is 0.477 e. The molecule has 2 heterocycles.